The molecule has 1 atom stereocenters. The second kappa shape index (κ2) is 11.7. The predicted octanol–water partition coefficient (Wildman–Crippen LogP) is 12.1. The quantitative estimate of drug-likeness (QED) is 0.164. The molecule has 1 aliphatic carbocycles. The van der Waals surface area contributed by atoms with Crippen LogP contribution in [0.25, 0.3) is 33.0 Å². The molecule has 1 unspecified atom stereocenters. The minimum atomic E-state index is -0.392. The normalized spacial score (nSPS) is 13.5. The van der Waals surface area contributed by atoms with Crippen LogP contribution in [0.2, 0.25) is 0 Å². The lowest BCUT2D eigenvalue weighted by molar-refractivity contribution is 0.767. The van der Waals surface area contributed by atoms with Crippen molar-refractivity contribution < 1.29 is 0 Å². The molecule has 0 spiro atoms. The van der Waals surface area contributed by atoms with Gasteiger partial charge in [0.1, 0.15) is 0 Å². The van der Waals surface area contributed by atoms with Gasteiger partial charge in [0, 0.05) is 5.92 Å². The first-order valence-corrected chi connectivity index (χ1v) is 16.8. The van der Waals surface area contributed by atoms with E-state index in [4.69, 9.17) is 0 Å². The van der Waals surface area contributed by atoms with E-state index in [0.29, 0.717) is 0 Å². The van der Waals surface area contributed by atoms with Crippen molar-refractivity contribution in [3.8, 4) is 22.3 Å². The lowest BCUT2D eigenvalue weighted by atomic mass is 9.67. The fourth-order valence-electron chi connectivity index (χ4n) is 8.10. The van der Waals surface area contributed by atoms with Crippen LogP contribution in [0.3, 0.4) is 0 Å². The van der Waals surface area contributed by atoms with Gasteiger partial charge in [-0.15, -0.1) is 0 Å². The Labute approximate surface area is 282 Å². The molecule has 0 amide bonds. The molecule has 8 aromatic rings. The van der Waals surface area contributed by atoms with Crippen LogP contribution in [-0.4, -0.2) is 0 Å². The Kier molecular flexibility index (Phi) is 6.87. The molecule has 0 N–H and O–H groups in total. The van der Waals surface area contributed by atoms with Crippen LogP contribution >= 0.6 is 0 Å². The first-order valence-electron chi connectivity index (χ1n) is 16.8. The predicted molar refractivity (Wildman–Crippen MR) is 201 cm³/mol. The van der Waals surface area contributed by atoms with Gasteiger partial charge in [-0.1, -0.05) is 194 Å². The Hall–Kier alpha value is -5.98. The van der Waals surface area contributed by atoms with Crippen LogP contribution in [0.1, 0.15) is 44.9 Å². The third-order valence-electron chi connectivity index (χ3n) is 10.3. The highest BCUT2D eigenvalue weighted by molar-refractivity contribution is 5.88. The Morgan fingerprint density at radius 2 is 0.771 bits per heavy atom. The summed E-state index contributed by atoms with van der Waals surface area (Å²) in [5, 5.41) is 2.53. The molecular formula is C48H34. The summed E-state index contributed by atoms with van der Waals surface area (Å²) in [6.07, 6.45) is 0. The summed E-state index contributed by atoms with van der Waals surface area (Å²) in [4.78, 5) is 0. The standard InChI is InChI=1S/C48H34/c1-3-14-36(15-4-1)47(37-26-23-35(24-27-37)40-28-25-34-13-7-8-16-39(34)33-40)38-29-31-42(32-30-38)48(41-17-5-2-6-18-41)45-21-11-9-19-43(45)44-20-10-12-22-46(44)48/h1-33,47H. The van der Waals surface area contributed by atoms with E-state index in [2.05, 4.69) is 200 Å². The number of benzene rings is 8. The van der Waals surface area contributed by atoms with E-state index in [1.54, 1.807) is 0 Å². The van der Waals surface area contributed by atoms with Crippen LogP contribution in [-0.2, 0) is 5.41 Å². The first kappa shape index (κ1) is 28.3. The van der Waals surface area contributed by atoms with Crippen molar-refractivity contribution in [1.82, 2.24) is 0 Å². The summed E-state index contributed by atoms with van der Waals surface area (Å²) < 4.78 is 0. The summed E-state index contributed by atoms with van der Waals surface area (Å²) in [5.41, 5.74) is 13.8. The van der Waals surface area contributed by atoms with Crippen molar-refractivity contribution in [3.05, 3.63) is 239 Å². The van der Waals surface area contributed by atoms with Gasteiger partial charge in [-0.3, -0.25) is 0 Å². The molecule has 0 heterocycles. The Morgan fingerprint density at radius 1 is 0.312 bits per heavy atom. The molecular weight excluding hydrogens is 577 g/mol. The van der Waals surface area contributed by atoms with Gasteiger partial charge in [-0.25, -0.2) is 0 Å². The van der Waals surface area contributed by atoms with Gasteiger partial charge in [-0.05, 0) is 78.0 Å². The number of rotatable bonds is 6. The third-order valence-corrected chi connectivity index (χ3v) is 10.3. The Bertz CT molecular complexity index is 2320. The number of fused-ring (bicyclic) bond motifs is 4. The Morgan fingerprint density at radius 3 is 1.42 bits per heavy atom. The van der Waals surface area contributed by atoms with E-state index in [1.165, 1.54) is 72.0 Å². The van der Waals surface area contributed by atoms with Crippen LogP contribution in [0.4, 0.5) is 0 Å². The minimum absolute atomic E-state index is 0.113. The van der Waals surface area contributed by atoms with Crippen molar-refractivity contribution in [3.63, 3.8) is 0 Å². The van der Waals surface area contributed by atoms with Crippen LogP contribution < -0.4 is 0 Å². The zero-order valence-electron chi connectivity index (χ0n) is 26.6. The number of hydrogen-bond donors (Lipinski definition) is 0. The van der Waals surface area contributed by atoms with Crippen molar-refractivity contribution in [1.29, 1.82) is 0 Å². The van der Waals surface area contributed by atoms with Gasteiger partial charge in [-0.2, -0.15) is 0 Å². The molecule has 0 radical (unpaired) electrons. The van der Waals surface area contributed by atoms with E-state index in [9.17, 15) is 0 Å². The second-order valence-corrected chi connectivity index (χ2v) is 12.9. The maximum Gasteiger partial charge on any atom is 0.0713 e. The highest BCUT2D eigenvalue weighted by Crippen LogP contribution is 2.56. The molecule has 9 rings (SSSR count). The molecule has 0 saturated carbocycles. The molecule has 0 nitrogen and oxygen atoms in total. The molecule has 0 aromatic heterocycles. The molecule has 8 aromatic carbocycles. The average Bonchev–Trinajstić information content (AvgIpc) is 3.47. The third kappa shape index (κ3) is 4.53. The van der Waals surface area contributed by atoms with E-state index < -0.39 is 5.41 Å². The SMILES string of the molecule is c1ccc(C(c2ccc(-c3ccc4ccccc4c3)cc2)c2ccc(C3(c4ccccc4)c4ccccc4-c4ccccc43)cc2)cc1. The molecule has 0 fully saturated rings. The summed E-state index contributed by atoms with van der Waals surface area (Å²) in [6, 6.07) is 73.8. The maximum atomic E-state index is 2.38. The van der Waals surface area contributed by atoms with Gasteiger partial charge < -0.3 is 0 Å². The topological polar surface area (TPSA) is 0 Å². The van der Waals surface area contributed by atoms with Crippen molar-refractivity contribution >= 4 is 10.8 Å². The summed E-state index contributed by atoms with van der Waals surface area (Å²) in [7, 11) is 0. The van der Waals surface area contributed by atoms with Crippen LogP contribution in [0, 0.1) is 0 Å². The van der Waals surface area contributed by atoms with Crippen molar-refractivity contribution in [2.75, 3.05) is 0 Å². The summed E-state index contributed by atoms with van der Waals surface area (Å²) in [5.74, 6) is 0.113. The van der Waals surface area contributed by atoms with E-state index in [-0.39, 0.29) is 5.92 Å². The fourth-order valence-corrected chi connectivity index (χ4v) is 8.10. The van der Waals surface area contributed by atoms with Gasteiger partial charge in [0.05, 0.1) is 5.41 Å². The number of hydrogen-bond acceptors (Lipinski definition) is 0. The smallest absolute Gasteiger partial charge is 0.0622 e. The Balaban J connectivity index is 1.16. The zero-order valence-corrected chi connectivity index (χ0v) is 26.6. The molecule has 226 valence electrons. The lowest BCUT2D eigenvalue weighted by Gasteiger charge is -2.34. The van der Waals surface area contributed by atoms with Crippen molar-refractivity contribution in [2.24, 2.45) is 0 Å². The lowest BCUT2D eigenvalue weighted by Crippen LogP contribution is -2.28. The first-order chi connectivity index (χ1) is 23.8. The summed E-state index contributed by atoms with van der Waals surface area (Å²) >= 11 is 0. The van der Waals surface area contributed by atoms with Gasteiger partial charge in [0.25, 0.3) is 0 Å². The molecule has 0 bridgehead atoms. The minimum Gasteiger partial charge on any atom is -0.0622 e. The largest absolute Gasteiger partial charge is 0.0713 e. The fraction of sp³-hybridized carbons (Fsp3) is 0.0417. The average molecular weight is 611 g/mol. The van der Waals surface area contributed by atoms with Gasteiger partial charge in [0.15, 0.2) is 0 Å². The van der Waals surface area contributed by atoms with Crippen molar-refractivity contribution in [2.45, 2.75) is 11.3 Å². The molecule has 0 heteroatoms. The molecule has 0 saturated heterocycles. The highest BCUT2D eigenvalue weighted by Gasteiger charge is 2.45. The monoisotopic (exact) mass is 610 g/mol. The molecule has 48 heavy (non-hydrogen) atoms. The van der Waals surface area contributed by atoms with E-state index in [0.717, 1.165) is 0 Å². The van der Waals surface area contributed by atoms with Gasteiger partial charge >= 0.3 is 0 Å². The van der Waals surface area contributed by atoms with E-state index in [1.807, 2.05) is 0 Å². The zero-order chi connectivity index (χ0) is 31.9. The summed E-state index contributed by atoms with van der Waals surface area (Å²) in [6.45, 7) is 0. The van der Waals surface area contributed by atoms with Crippen LogP contribution in [0.5, 0.6) is 0 Å². The second-order valence-electron chi connectivity index (χ2n) is 12.9. The molecule has 0 aliphatic heterocycles. The van der Waals surface area contributed by atoms with Crippen LogP contribution in [0.15, 0.2) is 200 Å². The highest BCUT2D eigenvalue weighted by atomic mass is 14.5. The van der Waals surface area contributed by atoms with E-state index >= 15 is 0 Å². The maximum absolute atomic E-state index is 2.38. The molecule has 1 aliphatic rings. The van der Waals surface area contributed by atoms with Gasteiger partial charge in [0.2, 0.25) is 0 Å².